The number of nitrogens with zero attached hydrogens (tertiary/aromatic N) is 3. The van der Waals surface area contributed by atoms with Crippen LogP contribution >= 0.6 is 11.6 Å². The molecule has 0 unspecified atom stereocenters. The highest BCUT2D eigenvalue weighted by Gasteiger charge is 2.64. The molecule has 7 nitrogen and oxygen atoms in total. The van der Waals surface area contributed by atoms with E-state index in [2.05, 4.69) is 11.1 Å². The Hall–Kier alpha value is -3.47. The van der Waals surface area contributed by atoms with Crippen LogP contribution < -0.4 is 9.64 Å². The average molecular weight is 532 g/mol. The number of nitriles is 1. The number of carbonyl (C=O) groups is 2. The van der Waals surface area contributed by atoms with Gasteiger partial charge in [-0.2, -0.15) is 5.26 Å². The fraction of sp³-hybridized carbons (Fsp3) is 0.400. The molecule has 1 aromatic heterocycles. The number of pyridine rings is 1. The first-order chi connectivity index (χ1) is 18.2. The van der Waals surface area contributed by atoms with E-state index in [0.29, 0.717) is 71.6 Å². The number of carbonyl (C=O) groups excluding carboxylic acids is 2. The summed E-state index contributed by atoms with van der Waals surface area (Å²) in [6.07, 6.45) is 4.18. The van der Waals surface area contributed by atoms with E-state index < -0.39 is 22.9 Å². The van der Waals surface area contributed by atoms with E-state index in [0.717, 1.165) is 0 Å². The zero-order chi connectivity index (χ0) is 27.1. The number of amides is 2. The number of imide groups is 1. The van der Waals surface area contributed by atoms with Gasteiger partial charge in [-0.3, -0.25) is 9.59 Å². The fourth-order valence-corrected chi connectivity index (χ4v) is 6.48. The van der Waals surface area contributed by atoms with Crippen molar-refractivity contribution in [2.24, 2.45) is 17.3 Å². The molecular formula is C30H30ClN3O4. The van der Waals surface area contributed by atoms with E-state index in [-0.39, 0.29) is 11.8 Å². The topological polar surface area (TPSA) is 104 Å². The number of ether oxygens (including phenoxy) is 1. The Labute approximate surface area is 227 Å². The molecule has 2 aromatic carbocycles. The van der Waals surface area contributed by atoms with Gasteiger partial charge >= 0.3 is 0 Å². The Bertz CT molecular complexity index is 1440. The average Bonchev–Trinajstić information content (AvgIpc) is 3.19. The van der Waals surface area contributed by atoms with Crippen molar-refractivity contribution < 1.29 is 19.4 Å². The lowest BCUT2D eigenvalue weighted by Crippen LogP contribution is -2.54. The number of fused-ring (bicyclic) bond motifs is 2. The van der Waals surface area contributed by atoms with E-state index in [1.54, 1.807) is 24.3 Å². The summed E-state index contributed by atoms with van der Waals surface area (Å²) in [4.78, 5) is 33.7. The van der Waals surface area contributed by atoms with Gasteiger partial charge in [0.15, 0.2) is 0 Å². The second kappa shape index (κ2) is 10.0. The van der Waals surface area contributed by atoms with Crippen molar-refractivity contribution in [3.05, 3.63) is 65.3 Å². The van der Waals surface area contributed by atoms with Crippen LogP contribution in [0.4, 0.5) is 5.69 Å². The van der Waals surface area contributed by atoms with E-state index in [1.807, 2.05) is 38.1 Å². The van der Waals surface area contributed by atoms with Crippen LogP contribution in [0, 0.1) is 28.6 Å². The quantitative estimate of drug-likeness (QED) is 0.394. The number of anilines is 1. The minimum atomic E-state index is -1.26. The molecule has 0 spiro atoms. The molecule has 2 heterocycles. The van der Waals surface area contributed by atoms with Gasteiger partial charge in [-0.05, 0) is 49.3 Å². The third kappa shape index (κ3) is 4.32. The molecule has 1 saturated carbocycles. The summed E-state index contributed by atoms with van der Waals surface area (Å²) in [5, 5.41) is 23.2. The number of rotatable bonds is 7. The van der Waals surface area contributed by atoms with Gasteiger partial charge in [0.25, 0.3) is 0 Å². The monoisotopic (exact) mass is 531 g/mol. The van der Waals surface area contributed by atoms with Gasteiger partial charge in [-0.25, -0.2) is 9.88 Å². The molecule has 3 aromatic rings. The largest absolute Gasteiger partial charge is 0.478 e. The van der Waals surface area contributed by atoms with Gasteiger partial charge in [0, 0.05) is 23.0 Å². The molecule has 38 heavy (non-hydrogen) atoms. The first kappa shape index (κ1) is 26.1. The first-order valence-electron chi connectivity index (χ1n) is 13.0. The zero-order valence-electron chi connectivity index (χ0n) is 21.5. The fourth-order valence-electron chi connectivity index (χ4n) is 6.37. The van der Waals surface area contributed by atoms with Crippen molar-refractivity contribution in [3.63, 3.8) is 0 Å². The third-order valence-electron chi connectivity index (χ3n) is 8.33. The Balaban J connectivity index is 1.52. The maximum atomic E-state index is 14.2. The summed E-state index contributed by atoms with van der Waals surface area (Å²) in [6.45, 7) is 4.29. The predicted octanol–water partition coefficient (Wildman–Crippen LogP) is 5.67. The maximum Gasteiger partial charge on any atom is 0.240 e. The van der Waals surface area contributed by atoms with E-state index in [4.69, 9.17) is 16.3 Å². The van der Waals surface area contributed by atoms with E-state index >= 15 is 0 Å². The molecule has 8 heteroatoms. The number of halogens is 1. The van der Waals surface area contributed by atoms with Gasteiger partial charge in [0.1, 0.15) is 0 Å². The molecular weight excluding hydrogens is 502 g/mol. The van der Waals surface area contributed by atoms with E-state index in [1.165, 1.54) is 11.1 Å². The summed E-state index contributed by atoms with van der Waals surface area (Å²) < 4.78 is 5.86. The lowest BCUT2D eigenvalue weighted by molar-refractivity contribution is -0.153. The predicted molar refractivity (Wildman–Crippen MR) is 145 cm³/mol. The molecule has 5 rings (SSSR count). The van der Waals surface area contributed by atoms with Crippen LogP contribution in [0.5, 0.6) is 5.88 Å². The Kier molecular flexibility index (Phi) is 6.89. The molecule has 4 atom stereocenters. The molecule has 2 fully saturated rings. The minimum Gasteiger partial charge on any atom is -0.478 e. The molecule has 1 saturated heterocycles. The normalized spacial score (nSPS) is 26.9. The SMILES string of the molecule is CCC[C@@]1(O)CC[C@@](C)(CCOc2ccc(Cl)cn2)[C@@H]2C(=O)N(c3ccc(C#N)c4ccccc34)C(=O)[C@@H]21. The van der Waals surface area contributed by atoms with Crippen LogP contribution in [-0.2, 0) is 9.59 Å². The van der Waals surface area contributed by atoms with Gasteiger partial charge < -0.3 is 9.84 Å². The van der Waals surface area contributed by atoms with E-state index in [9.17, 15) is 20.0 Å². The molecule has 0 bridgehead atoms. The third-order valence-corrected chi connectivity index (χ3v) is 8.56. The molecule has 196 valence electrons. The number of hydrogen-bond donors (Lipinski definition) is 1. The summed E-state index contributed by atoms with van der Waals surface area (Å²) in [5.41, 5.74) is -0.907. The highest BCUT2D eigenvalue weighted by atomic mass is 35.5. The standard InChI is InChI=1S/C30H30ClN3O4/c1-3-12-30(37)14-13-29(2,15-16-38-24-11-9-20(31)18-33-24)25-26(30)28(36)34(27(25)35)23-10-8-19(17-32)21-6-4-5-7-22(21)23/h4-11,18,25-26,37H,3,12-16H2,1-2H3/t25-,26+,29-,30+/m0/s1. The number of benzene rings is 2. The van der Waals surface area contributed by atoms with Crippen LogP contribution in [0.2, 0.25) is 5.02 Å². The number of hydrogen-bond acceptors (Lipinski definition) is 6. The summed E-state index contributed by atoms with van der Waals surface area (Å²) in [7, 11) is 0. The Morgan fingerprint density at radius 3 is 2.50 bits per heavy atom. The van der Waals surface area contributed by atoms with Gasteiger partial charge in [-0.1, -0.05) is 56.1 Å². The smallest absolute Gasteiger partial charge is 0.240 e. The lowest BCUT2D eigenvalue weighted by atomic mass is 9.56. The Morgan fingerprint density at radius 1 is 1.08 bits per heavy atom. The molecule has 2 amide bonds. The van der Waals surface area contributed by atoms with Crippen LogP contribution in [0.1, 0.15) is 51.5 Å². The van der Waals surface area contributed by atoms with Gasteiger partial charge in [0.2, 0.25) is 17.7 Å². The second-order valence-corrected chi connectivity index (χ2v) is 11.1. The van der Waals surface area contributed by atoms with Gasteiger partial charge in [-0.15, -0.1) is 0 Å². The van der Waals surface area contributed by atoms with Crippen molar-refractivity contribution in [1.29, 1.82) is 5.26 Å². The summed E-state index contributed by atoms with van der Waals surface area (Å²) >= 11 is 5.92. The second-order valence-electron chi connectivity index (χ2n) is 10.7. The summed E-state index contributed by atoms with van der Waals surface area (Å²) in [6, 6.07) is 16.2. The number of aliphatic hydroxyl groups is 1. The van der Waals surface area contributed by atoms with Gasteiger partial charge in [0.05, 0.1) is 46.4 Å². The number of aromatic nitrogens is 1. The molecule has 2 aliphatic rings. The van der Waals surface area contributed by atoms with Crippen molar-refractivity contribution in [1.82, 2.24) is 4.98 Å². The highest BCUT2D eigenvalue weighted by Crippen LogP contribution is 2.56. The highest BCUT2D eigenvalue weighted by molar-refractivity contribution is 6.30. The van der Waals surface area contributed by atoms with Crippen molar-refractivity contribution in [2.75, 3.05) is 11.5 Å². The molecule has 1 aliphatic carbocycles. The molecule has 1 aliphatic heterocycles. The van der Waals surface area contributed by atoms with Crippen LogP contribution in [-0.4, -0.2) is 34.1 Å². The van der Waals surface area contributed by atoms with Crippen LogP contribution in [0.3, 0.4) is 0 Å². The van der Waals surface area contributed by atoms with Crippen molar-refractivity contribution >= 4 is 39.9 Å². The molecule has 1 N–H and O–H groups in total. The van der Waals surface area contributed by atoms with Crippen LogP contribution in [0.25, 0.3) is 10.8 Å². The maximum absolute atomic E-state index is 14.2. The Morgan fingerprint density at radius 2 is 1.82 bits per heavy atom. The summed E-state index contributed by atoms with van der Waals surface area (Å²) in [5.74, 6) is -1.80. The minimum absolute atomic E-state index is 0.307. The lowest BCUT2D eigenvalue weighted by Gasteiger charge is -2.48. The first-order valence-corrected chi connectivity index (χ1v) is 13.4. The molecule has 0 radical (unpaired) electrons. The zero-order valence-corrected chi connectivity index (χ0v) is 22.2. The van der Waals surface area contributed by atoms with Crippen molar-refractivity contribution in [3.8, 4) is 11.9 Å². The van der Waals surface area contributed by atoms with Crippen LogP contribution in [0.15, 0.2) is 54.7 Å². The van der Waals surface area contributed by atoms with Crippen molar-refractivity contribution in [2.45, 2.75) is 51.6 Å².